The number of esters is 1. The van der Waals surface area contributed by atoms with E-state index in [4.69, 9.17) is 30.5 Å². The van der Waals surface area contributed by atoms with Crippen LogP contribution in [0.15, 0.2) is 60.7 Å². The summed E-state index contributed by atoms with van der Waals surface area (Å²) >= 11 is 6.33. The van der Waals surface area contributed by atoms with Gasteiger partial charge in [0.05, 0.1) is 46.6 Å². The summed E-state index contributed by atoms with van der Waals surface area (Å²) < 4.78 is 20.9. The van der Waals surface area contributed by atoms with Gasteiger partial charge in [0.25, 0.3) is 5.91 Å². The Morgan fingerprint density at radius 2 is 1.60 bits per heavy atom. The Balaban J connectivity index is 2.03. The van der Waals surface area contributed by atoms with Crippen molar-refractivity contribution in [3.8, 4) is 17.2 Å². The molecule has 9 heteroatoms. The van der Waals surface area contributed by atoms with E-state index in [1.165, 1.54) is 28.4 Å². The van der Waals surface area contributed by atoms with E-state index in [9.17, 15) is 9.59 Å². The van der Waals surface area contributed by atoms with E-state index in [-0.39, 0.29) is 17.9 Å². The summed E-state index contributed by atoms with van der Waals surface area (Å²) in [5, 5.41) is 6.61. The van der Waals surface area contributed by atoms with Gasteiger partial charge in [-0.3, -0.25) is 14.9 Å². The van der Waals surface area contributed by atoms with E-state index in [0.717, 1.165) is 5.56 Å². The number of amides is 1. The zero-order chi connectivity index (χ0) is 25.4. The highest BCUT2D eigenvalue weighted by Gasteiger charge is 2.24. The van der Waals surface area contributed by atoms with Crippen LogP contribution < -0.4 is 24.8 Å². The first kappa shape index (κ1) is 25.9. The van der Waals surface area contributed by atoms with Crippen molar-refractivity contribution in [2.45, 2.75) is 6.04 Å². The first-order valence-corrected chi connectivity index (χ1v) is 11.1. The Morgan fingerprint density at radius 1 is 0.886 bits per heavy atom. The molecule has 0 saturated carbocycles. The van der Waals surface area contributed by atoms with Gasteiger partial charge in [-0.15, -0.1) is 0 Å². The molecular formula is C26H27ClN2O6. The minimum Gasteiger partial charge on any atom is -0.493 e. The van der Waals surface area contributed by atoms with Gasteiger partial charge in [0.1, 0.15) is 0 Å². The number of benzene rings is 3. The van der Waals surface area contributed by atoms with Crippen molar-refractivity contribution in [3.05, 3.63) is 82.4 Å². The molecule has 2 N–H and O–H groups in total. The Kier molecular flexibility index (Phi) is 8.94. The minimum atomic E-state index is -0.461. The second-order valence-electron chi connectivity index (χ2n) is 7.37. The number of anilines is 1. The van der Waals surface area contributed by atoms with Crippen LogP contribution in [0.1, 0.15) is 27.5 Å². The molecule has 3 rings (SSSR count). The Morgan fingerprint density at radius 3 is 2.23 bits per heavy atom. The van der Waals surface area contributed by atoms with Crippen LogP contribution in [0.2, 0.25) is 5.02 Å². The molecular weight excluding hydrogens is 472 g/mol. The lowest BCUT2D eigenvalue weighted by Crippen LogP contribution is -2.30. The maximum Gasteiger partial charge on any atom is 0.319 e. The van der Waals surface area contributed by atoms with Gasteiger partial charge in [-0.05, 0) is 41.5 Å². The molecule has 184 valence electrons. The van der Waals surface area contributed by atoms with Crippen LogP contribution in [0.3, 0.4) is 0 Å². The molecule has 35 heavy (non-hydrogen) atoms. The Bertz CT molecular complexity index is 1190. The predicted octanol–water partition coefficient (Wildman–Crippen LogP) is 4.47. The number of methoxy groups -OCH3 is 4. The van der Waals surface area contributed by atoms with E-state index >= 15 is 0 Å². The minimum absolute atomic E-state index is 0.0422. The van der Waals surface area contributed by atoms with Crippen LogP contribution in [0.4, 0.5) is 5.69 Å². The molecule has 8 nitrogen and oxygen atoms in total. The molecule has 0 spiro atoms. The second-order valence-corrected chi connectivity index (χ2v) is 7.80. The van der Waals surface area contributed by atoms with Crippen LogP contribution in [0.25, 0.3) is 0 Å². The third kappa shape index (κ3) is 6.03. The van der Waals surface area contributed by atoms with Crippen LogP contribution in [-0.4, -0.2) is 46.9 Å². The molecule has 0 radical (unpaired) electrons. The molecule has 0 aromatic heterocycles. The molecule has 1 amide bonds. The zero-order valence-electron chi connectivity index (χ0n) is 19.9. The third-order valence-corrected chi connectivity index (χ3v) is 5.57. The molecule has 0 aliphatic carbocycles. The number of nitrogens with one attached hydrogen (secondary N) is 2. The lowest BCUT2D eigenvalue weighted by atomic mass is 9.96. The monoisotopic (exact) mass is 498 g/mol. The molecule has 3 aromatic rings. The highest BCUT2D eigenvalue weighted by atomic mass is 35.5. The number of ether oxygens (including phenoxy) is 4. The summed E-state index contributed by atoms with van der Waals surface area (Å²) in [4.78, 5) is 25.2. The Hall–Kier alpha value is -3.75. The molecule has 0 aliphatic heterocycles. The maximum atomic E-state index is 13.4. The number of carbonyl (C=O) groups is 2. The summed E-state index contributed by atoms with van der Waals surface area (Å²) in [6.07, 6.45) is 0. The standard InChI is InChI=1S/C26H27ClN2O6/c1-32-21-13-11-18(24(34-3)25(21)35-4)26(31)29-20-12-10-17(27)14-19(20)23(28-15-22(30)33-2)16-8-6-5-7-9-16/h5-14,23,28H,15H2,1-4H3,(H,29,31). The average molecular weight is 499 g/mol. The molecule has 3 aromatic carbocycles. The molecule has 1 atom stereocenters. The van der Waals surface area contributed by atoms with Crippen molar-refractivity contribution in [2.75, 3.05) is 40.3 Å². The van der Waals surface area contributed by atoms with E-state index in [1.807, 2.05) is 30.3 Å². The first-order valence-electron chi connectivity index (χ1n) is 10.7. The van der Waals surface area contributed by atoms with Gasteiger partial charge in [0.2, 0.25) is 5.75 Å². The number of rotatable bonds is 10. The number of carbonyl (C=O) groups excluding carboxylic acids is 2. The van der Waals surface area contributed by atoms with Gasteiger partial charge >= 0.3 is 5.97 Å². The van der Waals surface area contributed by atoms with Crippen LogP contribution >= 0.6 is 11.6 Å². The van der Waals surface area contributed by atoms with Crippen LogP contribution in [0.5, 0.6) is 17.2 Å². The lowest BCUT2D eigenvalue weighted by molar-refractivity contribution is -0.139. The van der Waals surface area contributed by atoms with Gasteiger partial charge in [-0.2, -0.15) is 0 Å². The molecule has 0 heterocycles. The fourth-order valence-corrected chi connectivity index (χ4v) is 3.85. The average Bonchev–Trinajstić information content (AvgIpc) is 2.89. The molecule has 0 bridgehead atoms. The normalized spacial score (nSPS) is 11.3. The molecule has 0 aliphatic rings. The highest BCUT2D eigenvalue weighted by molar-refractivity contribution is 6.30. The summed E-state index contributed by atoms with van der Waals surface area (Å²) in [6, 6.07) is 17.4. The van der Waals surface area contributed by atoms with Crippen molar-refractivity contribution in [1.82, 2.24) is 5.32 Å². The zero-order valence-corrected chi connectivity index (χ0v) is 20.6. The summed E-state index contributed by atoms with van der Waals surface area (Å²) in [7, 11) is 5.74. The quantitative estimate of drug-likeness (QED) is 0.398. The lowest BCUT2D eigenvalue weighted by Gasteiger charge is -2.23. The van der Waals surface area contributed by atoms with Gasteiger partial charge < -0.3 is 24.3 Å². The fraction of sp³-hybridized carbons (Fsp3) is 0.231. The molecule has 0 saturated heterocycles. The first-order chi connectivity index (χ1) is 16.9. The number of hydrogen-bond acceptors (Lipinski definition) is 7. The van der Waals surface area contributed by atoms with Crippen LogP contribution in [0, 0.1) is 0 Å². The van der Waals surface area contributed by atoms with Gasteiger partial charge in [-0.1, -0.05) is 41.9 Å². The van der Waals surface area contributed by atoms with E-state index < -0.39 is 17.9 Å². The van der Waals surface area contributed by atoms with E-state index in [1.54, 1.807) is 30.3 Å². The maximum absolute atomic E-state index is 13.4. The number of hydrogen-bond donors (Lipinski definition) is 2. The van der Waals surface area contributed by atoms with E-state index in [2.05, 4.69) is 10.6 Å². The molecule has 0 fully saturated rings. The van der Waals surface area contributed by atoms with Crippen molar-refractivity contribution in [3.63, 3.8) is 0 Å². The summed E-state index contributed by atoms with van der Waals surface area (Å²) in [6.45, 7) is -0.0422. The van der Waals surface area contributed by atoms with Crippen molar-refractivity contribution in [2.24, 2.45) is 0 Å². The molecule has 1 unspecified atom stereocenters. The summed E-state index contributed by atoms with van der Waals surface area (Å²) in [5.74, 6) is 0.133. The van der Waals surface area contributed by atoms with E-state index in [0.29, 0.717) is 27.8 Å². The van der Waals surface area contributed by atoms with Crippen molar-refractivity contribution in [1.29, 1.82) is 0 Å². The third-order valence-electron chi connectivity index (χ3n) is 5.33. The summed E-state index contributed by atoms with van der Waals surface area (Å²) in [5.41, 5.74) is 2.30. The number of halogens is 1. The topological polar surface area (TPSA) is 95.1 Å². The van der Waals surface area contributed by atoms with Crippen LogP contribution in [-0.2, 0) is 9.53 Å². The van der Waals surface area contributed by atoms with Crippen molar-refractivity contribution < 1.29 is 28.5 Å². The van der Waals surface area contributed by atoms with Crippen molar-refractivity contribution >= 4 is 29.2 Å². The fourth-order valence-electron chi connectivity index (χ4n) is 3.67. The highest BCUT2D eigenvalue weighted by Crippen LogP contribution is 2.40. The SMILES string of the molecule is COC(=O)CNC(c1ccccc1)c1cc(Cl)ccc1NC(=O)c1ccc(OC)c(OC)c1OC. The Labute approximate surface area is 209 Å². The smallest absolute Gasteiger partial charge is 0.319 e. The van der Waals surface area contributed by atoms with Gasteiger partial charge in [0.15, 0.2) is 11.5 Å². The van der Waals surface area contributed by atoms with Gasteiger partial charge in [-0.25, -0.2) is 0 Å². The second kappa shape index (κ2) is 12.1. The largest absolute Gasteiger partial charge is 0.493 e. The predicted molar refractivity (Wildman–Crippen MR) is 134 cm³/mol. The van der Waals surface area contributed by atoms with Gasteiger partial charge in [0, 0.05) is 10.7 Å².